The van der Waals surface area contributed by atoms with E-state index in [4.69, 9.17) is 10.5 Å². The molecule has 0 bridgehead atoms. The number of ether oxygens (including phenoxy) is 1. The van der Waals surface area contributed by atoms with E-state index in [9.17, 15) is 4.79 Å². The summed E-state index contributed by atoms with van der Waals surface area (Å²) in [7, 11) is 1.62. The second-order valence-electron chi connectivity index (χ2n) is 3.79. The van der Waals surface area contributed by atoms with Gasteiger partial charge in [0.1, 0.15) is 5.82 Å². The van der Waals surface area contributed by atoms with Gasteiger partial charge in [-0.1, -0.05) is 6.92 Å². The van der Waals surface area contributed by atoms with Gasteiger partial charge < -0.3 is 15.8 Å². The van der Waals surface area contributed by atoms with E-state index in [2.05, 4.69) is 10.3 Å². The lowest BCUT2D eigenvalue weighted by Crippen LogP contribution is -2.18. The number of amides is 1. The van der Waals surface area contributed by atoms with Gasteiger partial charge in [0.05, 0.1) is 11.9 Å². The third-order valence-electron chi connectivity index (χ3n) is 2.04. The van der Waals surface area contributed by atoms with E-state index in [0.717, 1.165) is 0 Å². The number of carbonyl (C=O) groups excluding carboxylic acids is 1. The van der Waals surface area contributed by atoms with E-state index < -0.39 is 0 Å². The van der Waals surface area contributed by atoms with Gasteiger partial charge in [-0.25, -0.2) is 4.98 Å². The molecule has 0 aliphatic rings. The van der Waals surface area contributed by atoms with Gasteiger partial charge in [0, 0.05) is 20.1 Å². The molecule has 0 aromatic carbocycles. The largest absolute Gasteiger partial charge is 0.397 e. The van der Waals surface area contributed by atoms with Crippen LogP contribution < -0.4 is 11.1 Å². The highest BCUT2D eigenvalue weighted by atomic mass is 16.5. The smallest absolute Gasteiger partial charge is 0.225 e. The number of methoxy groups -OCH3 is 1. The highest BCUT2D eigenvalue weighted by Gasteiger charge is 2.09. The number of nitrogen functional groups attached to an aromatic ring is 1. The third-order valence-corrected chi connectivity index (χ3v) is 2.04. The Balaban J connectivity index is 2.42. The summed E-state index contributed by atoms with van der Waals surface area (Å²) in [5.74, 6) is 0.643. The summed E-state index contributed by atoms with van der Waals surface area (Å²) >= 11 is 0. The monoisotopic (exact) mass is 223 g/mol. The number of hydrogen-bond acceptors (Lipinski definition) is 4. The summed E-state index contributed by atoms with van der Waals surface area (Å²) in [5, 5.41) is 2.70. The second-order valence-corrected chi connectivity index (χ2v) is 3.79. The minimum absolute atomic E-state index is 0.0678. The van der Waals surface area contributed by atoms with E-state index in [1.165, 1.54) is 6.20 Å². The fourth-order valence-electron chi connectivity index (χ4n) is 1.33. The van der Waals surface area contributed by atoms with E-state index in [1.807, 2.05) is 6.92 Å². The maximum Gasteiger partial charge on any atom is 0.225 e. The lowest BCUT2D eigenvalue weighted by atomic mass is 10.1. The molecule has 0 aliphatic carbocycles. The van der Waals surface area contributed by atoms with Crippen LogP contribution in [-0.4, -0.2) is 24.6 Å². The van der Waals surface area contributed by atoms with Crippen molar-refractivity contribution in [3.8, 4) is 0 Å². The topological polar surface area (TPSA) is 77.2 Å². The zero-order chi connectivity index (χ0) is 12.0. The summed E-state index contributed by atoms with van der Waals surface area (Å²) in [4.78, 5) is 15.5. The molecular formula is C11H17N3O2. The zero-order valence-electron chi connectivity index (χ0n) is 9.56. The predicted octanol–water partition coefficient (Wildman–Crippen LogP) is 1.27. The van der Waals surface area contributed by atoms with Gasteiger partial charge in [-0.2, -0.15) is 0 Å². The summed E-state index contributed by atoms with van der Waals surface area (Å²) in [6, 6.07) is 3.37. The second kappa shape index (κ2) is 6.07. The Morgan fingerprint density at radius 1 is 1.62 bits per heavy atom. The number of nitrogens with two attached hydrogens (primary N) is 1. The minimum atomic E-state index is -0.0678. The highest BCUT2D eigenvalue weighted by molar-refractivity contribution is 5.89. The summed E-state index contributed by atoms with van der Waals surface area (Å²) in [6.07, 6.45) is 1.92. The van der Waals surface area contributed by atoms with E-state index in [0.29, 0.717) is 24.5 Å². The first-order valence-electron chi connectivity index (χ1n) is 5.12. The Labute approximate surface area is 95.0 Å². The molecule has 1 atom stereocenters. The Hall–Kier alpha value is -1.62. The lowest BCUT2D eigenvalue weighted by molar-refractivity contribution is -0.117. The van der Waals surface area contributed by atoms with Crippen molar-refractivity contribution in [3.05, 3.63) is 18.3 Å². The number of pyridine rings is 1. The molecule has 1 heterocycles. The first-order valence-corrected chi connectivity index (χ1v) is 5.12. The summed E-state index contributed by atoms with van der Waals surface area (Å²) in [5.41, 5.74) is 6.06. The Morgan fingerprint density at radius 2 is 2.38 bits per heavy atom. The van der Waals surface area contributed by atoms with Crippen LogP contribution in [-0.2, 0) is 9.53 Å². The molecule has 0 aliphatic heterocycles. The van der Waals surface area contributed by atoms with Gasteiger partial charge in [0.2, 0.25) is 5.91 Å². The average molecular weight is 223 g/mol. The molecular weight excluding hydrogens is 206 g/mol. The van der Waals surface area contributed by atoms with Gasteiger partial charge in [0.15, 0.2) is 0 Å². The molecule has 1 aromatic rings. The highest BCUT2D eigenvalue weighted by Crippen LogP contribution is 2.08. The van der Waals surface area contributed by atoms with Crippen LogP contribution in [0.4, 0.5) is 11.5 Å². The molecule has 0 saturated heterocycles. The van der Waals surface area contributed by atoms with Crippen LogP contribution in [0, 0.1) is 5.92 Å². The van der Waals surface area contributed by atoms with Crippen molar-refractivity contribution in [2.45, 2.75) is 13.3 Å². The number of aromatic nitrogens is 1. The van der Waals surface area contributed by atoms with Crippen molar-refractivity contribution >= 4 is 17.4 Å². The van der Waals surface area contributed by atoms with Gasteiger partial charge in [-0.15, -0.1) is 0 Å². The molecule has 1 amide bonds. The number of rotatable bonds is 5. The molecule has 16 heavy (non-hydrogen) atoms. The summed E-state index contributed by atoms with van der Waals surface area (Å²) < 4.78 is 4.96. The Bertz CT molecular complexity index is 338. The van der Waals surface area contributed by atoms with Crippen molar-refractivity contribution in [3.63, 3.8) is 0 Å². The maximum absolute atomic E-state index is 11.5. The van der Waals surface area contributed by atoms with Crippen LogP contribution in [0.15, 0.2) is 18.3 Å². The molecule has 0 spiro atoms. The van der Waals surface area contributed by atoms with Crippen LogP contribution in [0.1, 0.15) is 13.3 Å². The van der Waals surface area contributed by atoms with Gasteiger partial charge in [-0.05, 0) is 18.1 Å². The molecule has 5 heteroatoms. The predicted molar refractivity (Wildman–Crippen MR) is 62.9 cm³/mol. The number of nitrogens with one attached hydrogen (secondary N) is 1. The Morgan fingerprint density at radius 3 is 2.94 bits per heavy atom. The summed E-state index contributed by atoms with van der Waals surface area (Å²) in [6.45, 7) is 2.53. The van der Waals surface area contributed by atoms with Crippen LogP contribution in [0.2, 0.25) is 0 Å². The molecule has 1 aromatic heterocycles. The normalized spacial score (nSPS) is 12.1. The van der Waals surface area contributed by atoms with Crippen molar-refractivity contribution in [1.82, 2.24) is 4.98 Å². The number of hydrogen-bond donors (Lipinski definition) is 2. The molecule has 3 N–H and O–H groups in total. The van der Waals surface area contributed by atoms with Gasteiger partial charge in [-0.3, -0.25) is 4.79 Å². The van der Waals surface area contributed by atoms with E-state index >= 15 is 0 Å². The molecule has 5 nitrogen and oxygen atoms in total. The quantitative estimate of drug-likeness (QED) is 0.788. The molecule has 1 unspecified atom stereocenters. The zero-order valence-corrected chi connectivity index (χ0v) is 9.56. The lowest BCUT2D eigenvalue weighted by Gasteiger charge is -2.09. The molecule has 0 fully saturated rings. The fraction of sp³-hybridized carbons (Fsp3) is 0.455. The van der Waals surface area contributed by atoms with Crippen molar-refractivity contribution < 1.29 is 9.53 Å². The SMILES string of the molecule is COCC(C)CC(=O)Nc1ccc(N)cn1. The van der Waals surface area contributed by atoms with Crippen molar-refractivity contribution in [1.29, 1.82) is 0 Å². The first kappa shape index (κ1) is 12.4. The van der Waals surface area contributed by atoms with Crippen molar-refractivity contribution in [2.75, 3.05) is 24.8 Å². The van der Waals surface area contributed by atoms with Gasteiger partial charge in [0.25, 0.3) is 0 Å². The van der Waals surface area contributed by atoms with E-state index in [-0.39, 0.29) is 11.8 Å². The molecule has 0 saturated carbocycles. The molecule has 0 radical (unpaired) electrons. The fourth-order valence-corrected chi connectivity index (χ4v) is 1.33. The molecule has 1 rings (SSSR count). The third kappa shape index (κ3) is 4.27. The molecule has 88 valence electrons. The number of carbonyl (C=O) groups is 1. The standard InChI is InChI=1S/C11H17N3O2/c1-8(7-16-2)5-11(15)14-10-4-3-9(12)6-13-10/h3-4,6,8H,5,7,12H2,1-2H3,(H,13,14,15). The number of anilines is 2. The Kier molecular flexibility index (Phi) is 4.72. The van der Waals surface area contributed by atoms with E-state index in [1.54, 1.807) is 19.2 Å². The average Bonchev–Trinajstić information content (AvgIpc) is 2.21. The van der Waals surface area contributed by atoms with Crippen LogP contribution in [0.3, 0.4) is 0 Å². The maximum atomic E-state index is 11.5. The number of nitrogens with zero attached hydrogens (tertiary/aromatic N) is 1. The van der Waals surface area contributed by atoms with Crippen LogP contribution in [0.25, 0.3) is 0 Å². The minimum Gasteiger partial charge on any atom is -0.397 e. The van der Waals surface area contributed by atoms with Crippen LogP contribution in [0.5, 0.6) is 0 Å². The van der Waals surface area contributed by atoms with Crippen molar-refractivity contribution in [2.24, 2.45) is 5.92 Å². The van der Waals surface area contributed by atoms with Crippen LogP contribution >= 0.6 is 0 Å². The van der Waals surface area contributed by atoms with Gasteiger partial charge >= 0.3 is 0 Å². The first-order chi connectivity index (χ1) is 7.61.